The van der Waals surface area contributed by atoms with E-state index in [-0.39, 0.29) is 20.6 Å². The number of hydrogen-bond acceptors (Lipinski definition) is 9. The Morgan fingerprint density at radius 2 is 1.00 bits per heavy atom. The first kappa shape index (κ1) is 47.4. The third-order valence-electron chi connectivity index (χ3n) is 8.81. The zero-order chi connectivity index (χ0) is 42.3. The number of aliphatic hydroxyl groups is 1. The van der Waals surface area contributed by atoms with Gasteiger partial charge in [0.25, 0.3) is 11.8 Å². The van der Waals surface area contributed by atoms with Crippen molar-refractivity contribution in [2.45, 2.75) is 113 Å². The quantitative estimate of drug-likeness (QED) is 0.152. The lowest BCUT2D eigenvalue weighted by atomic mass is 9.93. The van der Waals surface area contributed by atoms with Gasteiger partial charge in [-0.2, -0.15) is 0 Å². The predicted molar refractivity (Wildman–Crippen MR) is 218 cm³/mol. The van der Waals surface area contributed by atoms with Gasteiger partial charge in [-0.3, -0.25) is 24.1 Å². The lowest BCUT2D eigenvalue weighted by molar-refractivity contribution is 0.0466. The molecule has 0 saturated heterocycles. The van der Waals surface area contributed by atoms with Crippen LogP contribution < -0.4 is 22.1 Å². The number of nitrogens with one attached hydrogen (secondary N) is 2. The van der Waals surface area contributed by atoms with E-state index in [0.717, 1.165) is 38.3 Å². The summed E-state index contributed by atoms with van der Waals surface area (Å²) in [6.45, 7) is 17.8. The van der Waals surface area contributed by atoms with E-state index >= 15 is 0 Å². The minimum absolute atomic E-state index is 0. The molecule has 0 saturated carbocycles. The van der Waals surface area contributed by atoms with E-state index < -0.39 is 59.1 Å². The van der Waals surface area contributed by atoms with Crippen molar-refractivity contribution < 1.29 is 43.3 Å². The zero-order valence-corrected chi connectivity index (χ0v) is 33.9. The minimum atomic E-state index is -0.709. The molecule has 0 bridgehead atoms. The topological polar surface area (TPSA) is 220 Å². The highest BCUT2D eigenvalue weighted by Gasteiger charge is 2.37. The van der Waals surface area contributed by atoms with E-state index in [0.29, 0.717) is 35.1 Å². The summed E-state index contributed by atoms with van der Waals surface area (Å²) in [6.07, 6.45) is -0.454. The monoisotopic (exact) mass is 789 g/mol. The zero-order valence-electron chi connectivity index (χ0n) is 33.9. The number of aryl methyl sites for hydroxylation is 4. The summed E-state index contributed by atoms with van der Waals surface area (Å²) >= 11 is 0. The van der Waals surface area contributed by atoms with Crippen LogP contribution in [0.1, 0.15) is 124 Å². The fourth-order valence-electron chi connectivity index (χ4n) is 6.30. The van der Waals surface area contributed by atoms with Crippen LogP contribution in [0.3, 0.4) is 0 Å². The van der Waals surface area contributed by atoms with Crippen LogP contribution >= 0.6 is 0 Å². The van der Waals surface area contributed by atoms with Crippen LogP contribution in [0.25, 0.3) is 0 Å². The summed E-state index contributed by atoms with van der Waals surface area (Å²) in [5.74, 6) is -1.80. The molecule has 0 aromatic heterocycles. The molecule has 3 aromatic carbocycles. The van der Waals surface area contributed by atoms with E-state index in [9.17, 15) is 33.9 Å². The Balaban J connectivity index is 0.000000413. The third kappa shape index (κ3) is 13.4. The number of nitrogens with two attached hydrogens (primary N) is 2. The van der Waals surface area contributed by atoms with Crippen molar-refractivity contribution in [2.24, 2.45) is 11.5 Å². The molecule has 7 N–H and O–H groups in total. The van der Waals surface area contributed by atoms with Crippen LogP contribution in [-0.4, -0.2) is 82.3 Å². The molecule has 0 unspecified atom stereocenters. The summed E-state index contributed by atoms with van der Waals surface area (Å²) in [4.78, 5) is 74.1. The largest absolute Gasteiger partial charge is 0.444 e. The Hall–Kier alpha value is -5.76. The molecule has 3 aromatic rings. The van der Waals surface area contributed by atoms with Crippen molar-refractivity contribution in [3.63, 3.8) is 0 Å². The van der Waals surface area contributed by atoms with Crippen LogP contribution in [0.15, 0.2) is 48.5 Å². The van der Waals surface area contributed by atoms with Gasteiger partial charge in [-0.1, -0.05) is 19.6 Å². The SMILES string of the molecule is C.Cc1cc(C(N)=O)cc(C)c1C[C@@H](CN1C(=O)c2ccccc2C1=O)NC(=O)OC(C)(C)C.Cc1cc(C(N)=O)cc(C)c1C[C@@H](CO)NC(=O)OC(C)(C)C. The number of nitrogens with zero attached hydrogens (tertiary/aromatic N) is 1. The average Bonchev–Trinajstić information content (AvgIpc) is 3.30. The molecular formula is C43H59N5O9. The first-order chi connectivity index (χ1) is 25.9. The average molecular weight is 790 g/mol. The van der Waals surface area contributed by atoms with Crippen LogP contribution in [0.4, 0.5) is 9.59 Å². The number of aliphatic hydroxyl groups excluding tert-OH is 1. The fraction of sp³-hybridized carbons (Fsp3) is 0.442. The number of rotatable bonds is 11. The van der Waals surface area contributed by atoms with Gasteiger partial charge < -0.3 is 36.7 Å². The molecule has 0 spiro atoms. The second-order valence-electron chi connectivity index (χ2n) is 15.9. The molecule has 0 fully saturated rings. The Morgan fingerprint density at radius 1 is 0.667 bits per heavy atom. The maximum absolute atomic E-state index is 12.9. The summed E-state index contributed by atoms with van der Waals surface area (Å²) in [6, 6.07) is 12.4. The summed E-state index contributed by atoms with van der Waals surface area (Å²) < 4.78 is 10.6. The highest BCUT2D eigenvalue weighted by Crippen LogP contribution is 2.25. The van der Waals surface area contributed by atoms with Gasteiger partial charge in [0.2, 0.25) is 11.8 Å². The summed E-state index contributed by atoms with van der Waals surface area (Å²) in [5, 5.41) is 15.0. The second kappa shape index (κ2) is 19.4. The standard InChI is InChI=1S/C25H29N3O5.C17H26N2O4.CH4/c1-14-10-16(21(26)29)11-15(2)20(14)12-17(27-24(32)33-25(3,4)5)13-28-22(30)18-8-6-7-9-19(18)23(28)31;1-10-6-12(15(18)21)7-11(2)14(10)8-13(9-20)19-16(22)23-17(3,4)5;/h6-11,17H,12-13H2,1-5H3,(H2,26,29)(H,27,32);6-7,13,20H,8-9H2,1-5H3,(H2,18,21)(H,19,22);1H4/t17-;13-;/m00./s1. The van der Waals surface area contributed by atoms with Crippen molar-refractivity contribution in [3.8, 4) is 0 Å². The van der Waals surface area contributed by atoms with Gasteiger partial charge in [0.15, 0.2) is 0 Å². The lowest BCUT2D eigenvalue weighted by Crippen LogP contribution is -2.48. The summed E-state index contributed by atoms with van der Waals surface area (Å²) in [5.41, 5.74) is 16.2. The molecule has 57 heavy (non-hydrogen) atoms. The van der Waals surface area contributed by atoms with Gasteiger partial charge in [-0.25, -0.2) is 9.59 Å². The maximum Gasteiger partial charge on any atom is 0.407 e. The van der Waals surface area contributed by atoms with E-state index in [1.54, 1.807) is 90.1 Å². The Morgan fingerprint density at radius 3 is 1.32 bits per heavy atom. The lowest BCUT2D eigenvalue weighted by Gasteiger charge is -2.27. The maximum atomic E-state index is 12.9. The molecule has 4 rings (SSSR count). The van der Waals surface area contributed by atoms with Gasteiger partial charge >= 0.3 is 12.2 Å². The van der Waals surface area contributed by atoms with E-state index in [1.165, 1.54) is 0 Å². The van der Waals surface area contributed by atoms with Gasteiger partial charge in [0.1, 0.15) is 11.2 Å². The number of hydrogen-bond donors (Lipinski definition) is 5. The molecule has 6 amide bonds. The molecule has 2 atom stereocenters. The molecule has 0 radical (unpaired) electrons. The van der Waals surface area contributed by atoms with Crippen LogP contribution in [-0.2, 0) is 22.3 Å². The number of ether oxygens (including phenoxy) is 2. The number of carbonyl (C=O) groups excluding carboxylic acids is 6. The molecule has 1 aliphatic rings. The predicted octanol–water partition coefficient (Wildman–Crippen LogP) is 5.60. The van der Waals surface area contributed by atoms with Crippen LogP contribution in [0.2, 0.25) is 0 Å². The smallest absolute Gasteiger partial charge is 0.407 e. The molecule has 310 valence electrons. The van der Waals surface area contributed by atoms with Crippen molar-refractivity contribution in [1.82, 2.24) is 15.5 Å². The van der Waals surface area contributed by atoms with Crippen LogP contribution in [0, 0.1) is 27.7 Å². The highest BCUT2D eigenvalue weighted by atomic mass is 16.6. The van der Waals surface area contributed by atoms with Gasteiger partial charge in [0, 0.05) is 11.1 Å². The first-order valence-corrected chi connectivity index (χ1v) is 18.3. The Bertz CT molecular complexity index is 1910. The molecule has 14 nitrogen and oxygen atoms in total. The molecule has 14 heteroatoms. The van der Waals surface area contributed by atoms with Crippen LogP contribution in [0.5, 0.6) is 0 Å². The van der Waals surface area contributed by atoms with Gasteiger partial charge in [0.05, 0.1) is 36.4 Å². The third-order valence-corrected chi connectivity index (χ3v) is 8.81. The number of primary amides is 2. The first-order valence-electron chi connectivity index (χ1n) is 18.3. The van der Waals surface area contributed by atoms with Gasteiger partial charge in [-0.05, 0) is 152 Å². The summed E-state index contributed by atoms with van der Waals surface area (Å²) in [7, 11) is 0. The van der Waals surface area contributed by atoms with Gasteiger partial charge in [-0.15, -0.1) is 0 Å². The highest BCUT2D eigenvalue weighted by molar-refractivity contribution is 6.21. The van der Waals surface area contributed by atoms with Crippen molar-refractivity contribution >= 4 is 35.8 Å². The molecular weight excluding hydrogens is 730 g/mol. The van der Waals surface area contributed by atoms with Crippen molar-refractivity contribution in [2.75, 3.05) is 13.2 Å². The number of amides is 6. The van der Waals surface area contributed by atoms with E-state index in [2.05, 4.69) is 10.6 Å². The number of benzene rings is 3. The number of imide groups is 1. The number of carbonyl (C=O) groups is 6. The number of fused-ring (bicyclic) bond motifs is 1. The van der Waals surface area contributed by atoms with E-state index in [1.807, 2.05) is 27.7 Å². The molecule has 0 aliphatic carbocycles. The van der Waals surface area contributed by atoms with Crippen molar-refractivity contribution in [3.05, 3.63) is 104 Å². The molecule has 1 heterocycles. The normalized spacial score (nSPS) is 13.3. The minimum Gasteiger partial charge on any atom is -0.444 e. The molecule has 1 aliphatic heterocycles. The van der Waals surface area contributed by atoms with E-state index in [4.69, 9.17) is 20.9 Å². The Labute approximate surface area is 335 Å². The fourth-order valence-corrected chi connectivity index (χ4v) is 6.30. The second-order valence-corrected chi connectivity index (χ2v) is 15.9. The number of alkyl carbamates (subject to hydrolysis) is 2. The van der Waals surface area contributed by atoms with Crippen molar-refractivity contribution in [1.29, 1.82) is 0 Å². The Kier molecular flexibility index (Phi) is 16.1.